The summed E-state index contributed by atoms with van der Waals surface area (Å²) in [5.41, 5.74) is -0.717. The van der Waals surface area contributed by atoms with Crippen LogP contribution in [0.2, 0.25) is 0 Å². The summed E-state index contributed by atoms with van der Waals surface area (Å²) < 4.78 is 11.1. The Kier molecular flexibility index (Phi) is 6.95. The molecule has 0 aromatic carbocycles. The highest BCUT2D eigenvalue weighted by molar-refractivity contribution is 5.84. The lowest BCUT2D eigenvalue weighted by atomic mass is 9.85. The second-order valence-electron chi connectivity index (χ2n) is 10.0. The van der Waals surface area contributed by atoms with Crippen LogP contribution in [0.3, 0.4) is 0 Å². The van der Waals surface area contributed by atoms with Gasteiger partial charge in [0.25, 0.3) is 5.91 Å². The molecule has 0 unspecified atom stereocenters. The highest BCUT2D eigenvalue weighted by Crippen LogP contribution is 2.34. The number of carboxylic acids is 1. The van der Waals surface area contributed by atoms with Crippen molar-refractivity contribution in [3.8, 4) is 0 Å². The summed E-state index contributed by atoms with van der Waals surface area (Å²) >= 11 is 0. The fourth-order valence-electron chi connectivity index (χ4n) is 4.89. The van der Waals surface area contributed by atoms with Crippen molar-refractivity contribution in [1.82, 2.24) is 9.80 Å². The largest absolute Gasteiger partial charge is 0.480 e. The van der Waals surface area contributed by atoms with E-state index in [2.05, 4.69) is 6.92 Å². The third-order valence-corrected chi connectivity index (χ3v) is 6.42. The van der Waals surface area contributed by atoms with Gasteiger partial charge in [0, 0.05) is 25.6 Å². The van der Waals surface area contributed by atoms with Gasteiger partial charge in [0.05, 0.1) is 6.04 Å². The Morgan fingerprint density at radius 1 is 1.07 bits per heavy atom. The summed E-state index contributed by atoms with van der Waals surface area (Å²) in [6, 6.07) is -1.27. The van der Waals surface area contributed by atoms with Crippen molar-refractivity contribution in [2.45, 2.75) is 102 Å². The molecule has 170 valence electrons. The molecule has 8 heteroatoms. The van der Waals surface area contributed by atoms with Crippen LogP contribution >= 0.6 is 0 Å². The van der Waals surface area contributed by atoms with Gasteiger partial charge in [-0.2, -0.15) is 0 Å². The number of carbonyl (C=O) groups excluding carboxylic acids is 2. The summed E-state index contributed by atoms with van der Waals surface area (Å²) in [6.07, 6.45) is 4.58. The minimum atomic E-state index is -1.06. The number of aliphatic carboxylic acids is 1. The second kappa shape index (κ2) is 9.12. The number of likely N-dealkylation sites (tertiary alicyclic amines) is 1. The van der Waals surface area contributed by atoms with Crippen LogP contribution in [0.15, 0.2) is 0 Å². The molecule has 2 amide bonds. The number of nitrogens with zero attached hydrogens (tertiary/aromatic N) is 2. The van der Waals surface area contributed by atoms with E-state index in [1.165, 1.54) is 4.90 Å². The van der Waals surface area contributed by atoms with E-state index in [1.807, 2.05) is 4.90 Å². The Labute approximate surface area is 178 Å². The molecule has 8 nitrogen and oxygen atoms in total. The van der Waals surface area contributed by atoms with Gasteiger partial charge in [-0.15, -0.1) is 0 Å². The standard InChI is InChI=1S/C22H36N2O6/c1-14-7-9-15(10-8-14)24(19(25)18-6-5-11-29-18)16-12-17(20(26)27)23(13-16)21(28)30-22(2,3)4/h14-18H,5-13H2,1-4H3,(H,26,27)/t14-,15+,16-,17-,18-/m0/s1. The van der Waals surface area contributed by atoms with Gasteiger partial charge in [0.1, 0.15) is 17.7 Å². The van der Waals surface area contributed by atoms with Gasteiger partial charge < -0.3 is 19.5 Å². The van der Waals surface area contributed by atoms with E-state index < -0.39 is 29.8 Å². The molecule has 3 rings (SSSR count). The zero-order valence-corrected chi connectivity index (χ0v) is 18.6. The molecule has 2 aliphatic heterocycles. The van der Waals surface area contributed by atoms with Crippen LogP contribution in [0.25, 0.3) is 0 Å². The number of rotatable bonds is 4. The Hall–Kier alpha value is -1.83. The molecule has 0 aromatic rings. The molecule has 3 atom stereocenters. The van der Waals surface area contributed by atoms with Gasteiger partial charge in [-0.1, -0.05) is 6.92 Å². The lowest BCUT2D eigenvalue weighted by Crippen LogP contribution is -2.53. The quantitative estimate of drug-likeness (QED) is 0.745. The number of amides is 2. The van der Waals surface area contributed by atoms with Gasteiger partial charge in [-0.25, -0.2) is 9.59 Å². The highest BCUT2D eigenvalue weighted by Gasteiger charge is 2.47. The summed E-state index contributed by atoms with van der Waals surface area (Å²) in [5, 5.41) is 9.75. The summed E-state index contributed by atoms with van der Waals surface area (Å²) in [5.74, 6) is -0.480. The minimum absolute atomic E-state index is 0.0489. The molecule has 2 saturated heterocycles. The molecule has 0 spiro atoms. The molecule has 1 N–H and O–H groups in total. The van der Waals surface area contributed by atoms with Crippen molar-refractivity contribution in [2.24, 2.45) is 5.92 Å². The number of carboxylic acid groups (broad SMARTS) is 1. The topological polar surface area (TPSA) is 96.4 Å². The predicted molar refractivity (Wildman–Crippen MR) is 110 cm³/mol. The summed E-state index contributed by atoms with van der Waals surface area (Å²) in [4.78, 5) is 41.2. The monoisotopic (exact) mass is 424 g/mol. The first-order chi connectivity index (χ1) is 14.1. The van der Waals surface area contributed by atoms with Crippen molar-refractivity contribution >= 4 is 18.0 Å². The van der Waals surface area contributed by atoms with E-state index in [4.69, 9.17) is 9.47 Å². The zero-order chi connectivity index (χ0) is 22.1. The van der Waals surface area contributed by atoms with Crippen LogP contribution in [0.1, 0.15) is 72.6 Å². The number of hydrogen-bond acceptors (Lipinski definition) is 5. The van der Waals surface area contributed by atoms with Gasteiger partial charge in [0.15, 0.2) is 0 Å². The van der Waals surface area contributed by atoms with E-state index in [1.54, 1.807) is 20.8 Å². The van der Waals surface area contributed by atoms with Crippen molar-refractivity contribution < 1.29 is 29.0 Å². The summed E-state index contributed by atoms with van der Waals surface area (Å²) in [6.45, 7) is 8.25. The Bertz CT molecular complexity index is 647. The molecule has 0 bridgehead atoms. The highest BCUT2D eigenvalue weighted by atomic mass is 16.6. The molecular weight excluding hydrogens is 388 g/mol. The molecule has 1 saturated carbocycles. The number of ether oxygens (including phenoxy) is 2. The SMILES string of the molecule is CC(C)(C)OC(=O)N1C[C@@H](N(C(=O)[C@@H]2CCCO2)[C@H]2CC[C@@H](C)CC2)C[C@H]1C(=O)O. The Morgan fingerprint density at radius 3 is 2.27 bits per heavy atom. The first-order valence-corrected chi connectivity index (χ1v) is 11.2. The number of hydrogen-bond donors (Lipinski definition) is 1. The normalized spacial score (nSPS) is 32.1. The Balaban J connectivity index is 1.82. The smallest absolute Gasteiger partial charge is 0.411 e. The molecule has 2 heterocycles. The third-order valence-electron chi connectivity index (χ3n) is 6.42. The van der Waals surface area contributed by atoms with Crippen molar-refractivity contribution in [2.75, 3.05) is 13.2 Å². The van der Waals surface area contributed by atoms with E-state index in [0.717, 1.165) is 32.1 Å². The average Bonchev–Trinajstić information content (AvgIpc) is 3.32. The van der Waals surface area contributed by atoms with E-state index >= 15 is 0 Å². The molecular formula is C22H36N2O6. The van der Waals surface area contributed by atoms with Crippen LogP contribution < -0.4 is 0 Å². The maximum absolute atomic E-state index is 13.4. The first kappa shape index (κ1) is 22.8. The van der Waals surface area contributed by atoms with Gasteiger partial charge >= 0.3 is 12.1 Å². The van der Waals surface area contributed by atoms with E-state index in [-0.39, 0.29) is 31.0 Å². The first-order valence-electron chi connectivity index (χ1n) is 11.2. The molecule has 1 aliphatic carbocycles. The lowest BCUT2D eigenvalue weighted by molar-refractivity contribution is -0.147. The fraction of sp³-hybridized carbons (Fsp3) is 0.864. The van der Waals surface area contributed by atoms with Crippen LogP contribution in [0.4, 0.5) is 4.79 Å². The fourth-order valence-corrected chi connectivity index (χ4v) is 4.89. The Morgan fingerprint density at radius 2 is 1.73 bits per heavy atom. The predicted octanol–water partition coefficient (Wildman–Crippen LogP) is 3.04. The molecule has 30 heavy (non-hydrogen) atoms. The zero-order valence-electron chi connectivity index (χ0n) is 18.6. The van der Waals surface area contributed by atoms with Gasteiger partial charge in [-0.3, -0.25) is 9.69 Å². The average molecular weight is 425 g/mol. The minimum Gasteiger partial charge on any atom is -0.480 e. The second-order valence-corrected chi connectivity index (χ2v) is 10.0. The van der Waals surface area contributed by atoms with Crippen LogP contribution in [0, 0.1) is 5.92 Å². The van der Waals surface area contributed by atoms with Crippen molar-refractivity contribution in [3.05, 3.63) is 0 Å². The van der Waals surface area contributed by atoms with Crippen molar-refractivity contribution in [1.29, 1.82) is 0 Å². The number of carbonyl (C=O) groups is 3. The lowest BCUT2D eigenvalue weighted by Gasteiger charge is -2.41. The van der Waals surface area contributed by atoms with Gasteiger partial charge in [-0.05, 0) is 65.2 Å². The molecule has 3 aliphatic rings. The third kappa shape index (κ3) is 5.25. The van der Waals surface area contributed by atoms with Crippen LogP contribution in [-0.2, 0) is 19.1 Å². The van der Waals surface area contributed by atoms with E-state index in [0.29, 0.717) is 18.9 Å². The van der Waals surface area contributed by atoms with Crippen LogP contribution in [0.5, 0.6) is 0 Å². The molecule has 0 aromatic heterocycles. The van der Waals surface area contributed by atoms with Crippen LogP contribution in [-0.4, -0.2) is 75.9 Å². The van der Waals surface area contributed by atoms with Gasteiger partial charge in [0.2, 0.25) is 0 Å². The molecule has 0 radical (unpaired) electrons. The maximum Gasteiger partial charge on any atom is 0.411 e. The van der Waals surface area contributed by atoms with E-state index in [9.17, 15) is 19.5 Å². The van der Waals surface area contributed by atoms with Crippen molar-refractivity contribution in [3.63, 3.8) is 0 Å². The summed E-state index contributed by atoms with van der Waals surface area (Å²) in [7, 11) is 0. The maximum atomic E-state index is 13.4. The molecule has 3 fully saturated rings.